The van der Waals surface area contributed by atoms with Gasteiger partial charge in [-0.3, -0.25) is 14.6 Å². The van der Waals surface area contributed by atoms with E-state index >= 15 is 0 Å². The zero-order chi connectivity index (χ0) is 28.8. The number of rotatable bonds is 9. The van der Waals surface area contributed by atoms with Crippen molar-refractivity contribution in [2.45, 2.75) is 20.4 Å². The molecule has 41 heavy (non-hydrogen) atoms. The van der Waals surface area contributed by atoms with Gasteiger partial charge in [-0.2, -0.15) is 0 Å². The molecule has 0 radical (unpaired) electrons. The zero-order valence-corrected chi connectivity index (χ0v) is 22.6. The summed E-state index contributed by atoms with van der Waals surface area (Å²) in [6.07, 6.45) is 9.92. The summed E-state index contributed by atoms with van der Waals surface area (Å²) >= 11 is 0. The molecule has 0 saturated carbocycles. The van der Waals surface area contributed by atoms with Crippen molar-refractivity contribution in [1.29, 1.82) is 0 Å². The predicted molar refractivity (Wildman–Crippen MR) is 158 cm³/mol. The number of anilines is 3. The first kappa shape index (κ1) is 26.9. The van der Waals surface area contributed by atoms with Crippen molar-refractivity contribution in [1.82, 2.24) is 29.8 Å². The first-order valence-corrected chi connectivity index (χ1v) is 12.9. The molecule has 2 amide bonds. The molecule has 0 fully saturated rings. The SMILES string of the molecule is C=CC(=O)NCc1ccc(NC(=O)c2ccc(C)c(Nc3nccc(-c4cccnc4)n3)c2)cc1-n1cnc(C)c1. The van der Waals surface area contributed by atoms with Gasteiger partial charge in [-0.15, -0.1) is 0 Å². The van der Waals surface area contributed by atoms with Crippen molar-refractivity contribution in [3.05, 3.63) is 121 Å². The molecular weight excluding hydrogens is 516 g/mol. The third-order valence-corrected chi connectivity index (χ3v) is 6.33. The van der Waals surface area contributed by atoms with Crippen molar-refractivity contribution in [3.63, 3.8) is 0 Å². The molecule has 5 rings (SSSR count). The van der Waals surface area contributed by atoms with E-state index in [1.807, 2.05) is 61.0 Å². The Morgan fingerprint density at radius 2 is 1.90 bits per heavy atom. The fraction of sp³-hybridized carbons (Fsp3) is 0.0968. The highest BCUT2D eigenvalue weighted by molar-refractivity contribution is 6.05. The van der Waals surface area contributed by atoms with Gasteiger partial charge in [0.05, 0.1) is 23.4 Å². The Morgan fingerprint density at radius 3 is 2.66 bits per heavy atom. The van der Waals surface area contributed by atoms with Crippen molar-refractivity contribution in [3.8, 4) is 16.9 Å². The minimum atomic E-state index is -0.279. The van der Waals surface area contributed by atoms with Crippen LogP contribution in [0.1, 0.15) is 27.2 Å². The minimum absolute atomic E-state index is 0.270. The van der Waals surface area contributed by atoms with Crippen LogP contribution in [0.4, 0.5) is 17.3 Å². The van der Waals surface area contributed by atoms with Crippen LogP contribution in [0.25, 0.3) is 16.9 Å². The molecule has 3 heterocycles. The molecule has 0 saturated heterocycles. The van der Waals surface area contributed by atoms with E-state index in [1.165, 1.54) is 6.08 Å². The number of amides is 2. The van der Waals surface area contributed by atoms with E-state index in [4.69, 9.17) is 0 Å². The van der Waals surface area contributed by atoms with E-state index in [-0.39, 0.29) is 11.8 Å². The molecule has 0 bridgehead atoms. The predicted octanol–water partition coefficient (Wildman–Crippen LogP) is 5.14. The summed E-state index contributed by atoms with van der Waals surface area (Å²) in [7, 11) is 0. The molecule has 0 aliphatic carbocycles. The van der Waals surface area contributed by atoms with Crippen LogP contribution in [0.5, 0.6) is 0 Å². The van der Waals surface area contributed by atoms with Crippen LogP contribution in [0.15, 0.2) is 98.4 Å². The van der Waals surface area contributed by atoms with Gasteiger partial charge in [0.2, 0.25) is 11.9 Å². The lowest BCUT2D eigenvalue weighted by Gasteiger charge is -2.15. The minimum Gasteiger partial charge on any atom is -0.348 e. The number of benzene rings is 2. The van der Waals surface area contributed by atoms with Gasteiger partial charge in [0.15, 0.2) is 0 Å². The lowest BCUT2D eigenvalue weighted by atomic mass is 10.1. The maximum atomic E-state index is 13.3. The summed E-state index contributed by atoms with van der Waals surface area (Å²) in [5, 5.41) is 9.01. The van der Waals surface area contributed by atoms with Gasteiger partial charge in [-0.1, -0.05) is 18.7 Å². The molecule has 2 aromatic carbocycles. The fourth-order valence-corrected chi connectivity index (χ4v) is 4.15. The number of nitrogens with one attached hydrogen (secondary N) is 3. The van der Waals surface area contributed by atoms with Crippen LogP contribution in [-0.4, -0.2) is 36.3 Å². The lowest BCUT2D eigenvalue weighted by Crippen LogP contribution is -2.21. The van der Waals surface area contributed by atoms with Gasteiger partial charge >= 0.3 is 0 Å². The van der Waals surface area contributed by atoms with Crippen LogP contribution in [0, 0.1) is 13.8 Å². The Morgan fingerprint density at radius 1 is 1.02 bits per heavy atom. The summed E-state index contributed by atoms with van der Waals surface area (Å²) in [5.41, 5.74) is 6.79. The van der Waals surface area contributed by atoms with Gasteiger partial charge in [0.25, 0.3) is 5.91 Å². The number of pyridine rings is 1. The molecule has 5 aromatic rings. The van der Waals surface area contributed by atoms with Gasteiger partial charge < -0.3 is 20.5 Å². The molecule has 10 nitrogen and oxygen atoms in total. The first-order chi connectivity index (χ1) is 19.9. The lowest BCUT2D eigenvalue weighted by molar-refractivity contribution is -0.116. The molecule has 0 unspecified atom stereocenters. The van der Waals surface area contributed by atoms with Crippen LogP contribution in [0.3, 0.4) is 0 Å². The number of carbonyl (C=O) groups excluding carboxylic acids is 2. The Hall–Kier alpha value is -5.64. The highest BCUT2D eigenvalue weighted by atomic mass is 16.2. The number of aromatic nitrogens is 5. The topological polar surface area (TPSA) is 127 Å². The summed E-state index contributed by atoms with van der Waals surface area (Å²) in [4.78, 5) is 42.4. The van der Waals surface area contributed by atoms with E-state index in [9.17, 15) is 9.59 Å². The maximum Gasteiger partial charge on any atom is 0.255 e. The number of carbonyl (C=O) groups is 2. The first-order valence-electron chi connectivity index (χ1n) is 12.9. The monoisotopic (exact) mass is 544 g/mol. The molecular formula is C31H28N8O2. The fourth-order valence-electron chi connectivity index (χ4n) is 4.15. The summed E-state index contributed by atoms with van der Waals surface area (Å²) in [6.45, 7) is 7.63. The molecule has 3 aromatic heterocycles. The van der Waals surface area contributed by atoms with Crippen LogP contribution in [0.2, 0.25) is 0 Å². The molecule has 3 N–H and O–H groups in total. The number of hydrogen-bond acceptors (Lipinski definition) is 7. The van der Waals surface area contributed by atoms with Crippen molar-refractivity contribution < 1.29 is 9.59 Å². The number of aryl methyl sites for hydroxylation is 2. The Bertz CT molecular complexity index is 1730. The molecule has 0 spiro atoms. The van der Waals surface area contributed by atoms with Gasteiger partial charge in [-0.25, -0.2) is 15.0 Å². The smallest absolute Gasteiger partial charge is 0.255 e. The average molecular weight is 545 g/mol. The maximum absolute atomic E-state index is 13.3. The summed E-state index contributed by atoms with van der Waals surface area (Å²) < 4.78 is 1.86. The van der Waals surface area contributed by atoms with E-state index in [0.717, 1.165) is 33.8 Å². The number of nitrogens with zero attached hydrogens (tertiary/aromatic N) is 5. The Balaban J connectivity index is 1.36. The quantitative estimate of drug-likeness (QED) is 0.219. The molecule has 0 atom stereocenters. The van der Waals surface area contributed by atoms with E-state index in [2.05, 4.69) is 42.5 Å². The standard InChI is InChI=1S/C31H28N8O2/c1-4-29(40)34-17-24-9-10-25(15-28(24)39-18-21(3)35-19-39)36-30(41)22-8-7-20(2)27(14-22)38-31-33-13-11-26(37-31)23-6-5-12-32-16-23/h4-16,18-19H,1,17H2,2-3H3,(H,34,40)(H,36,41)(H,33,37,38). The molecule has 204 valence electrons. The van der Waals surface area contributed by atoms with Crippen LogP contribution < -0.4 is 16.0 Å². The number of hydrogen-bond donors (Lipinski definition) is 3. The normalized spacial score (nSPS) is 10.6. The Labute approximate surface area is 237 Å². The number of imidazole rings is 1. The molecule has 0 aliphatic heterocycles. The third kappa shape index (κ3) is 6.51. The van der Waals surface area contributed by atoms with Crippen LogP contribution >= 0.6 is 0 Å². The second-order valence-corrected chi connectivity index (χ2v) is 9.30. The van der Waals surface area contributed by atoms with E-state index in [1.54, 1.807) is 43.1 Å². The zero-order valence-electron chi connectivity index (χ0n) is 22.6. The highest BCUT2D eigenvalue weighted by Gasteiger charge is 2.13. The summed E-state index contributed by atoms with van der Waals surface area (Å²) in [6, 6.07) is 16.5. The van der Waals surface area contributed by atoms with E-state index in [0.29, 0.717) is 29.4 Å². The van der Waals surface area contributed by atoms with E-state index < -0.39 is 0 Å². The summed E-state index contributed by atoms with van der Waals surface area (Å²) in [5.74, 6) is -0.141. The van der Waals surface area contributed by atoms with Gasteiger partial charge in [0, 0.05) is 53.8 Å². The average Bonchev–Trinajstić information content (AvgIpc) is 3.44. The van der Waals surface area contributed by atoms with Crippen molar-refractivity contribution in [2.75, 3.05) is 10.6 Å². The Kier molecular flexibility index (Phi) is 7.91. The second-order valence-electron chi connectivity index (χ2n) is 9.30. The third-order valence-electron chi connectivity index (χ3n) is 6.33. The van der Waals surface area contributed by atoms with Gasteiger partial charge in [0.1, 0.15) is 0 Å². The second kappa shape index (κ2) is 12.0. The highest BCUT2D eigenvalue weighted by Crippen LogP contribution is 2.25. The molecule has 10 heteroatoms. The van der Waals surface area contributed by atoms with Crippen molar-refractivity contribution in [2.24, 2.45) is 0 Å². The molecule has 0 aliphatic rings. The van der Waals surface area contributed by atoms with Gasteiger partial charge in [-0.05, 0) is 73.5 Å². The van der Waals surface area contributed by atoms with Crippen molar-refractivity contribution >= 4 is 29.1 Å². The largest absolute Gasteiger partial charge is 0.348 e. The van der Waals surface area contributed by atoms with Crippen LogP contribution in [-0.2, 0) is 11.3 Å².